The van der Waals surface area contributed by atoms with E-state index in [-0.39, 0.29) is 35.1 Å². The van der Waals surface area contributed by atoms with Crippen molar-refractivity contribution in [2.45, 2.75) is 37.5 Å². The molecule has 1 atom stereocenters. The lowest BCUT2D eigenvalue weighted by Gasteiger charge is -2.36. The fourth-order valence-corrected chi connectivity index (χ4v) is 4.28. The van der Waals surface area contributed by atoms with E-state index in [1.54, 1.807) is 17.3 Å². The van der Waals surface area contributed by atoms with E-state index in [2.05, 4.69) is 20.4 Å². The monoisotopic (exact) mass is 421 g/mol. The van der Waals surface area contributed by atoms with E-state index in [0.29, 0.717) is 43.1 Å². The first-order valence-electron chi connectivity index (χ1n) is 9.95. The number of aromatic nitrogens is 4. The summed E-state index contributed by atoms with van der Waals surface area (Å²) in [6.45, 7) is 0.398. The number of carbonyl (C=O) groups is 1. The number of carbonyl (C=O) groups excluding carboxylic acids is 1. The van der Waals surface area contributed by atoms with Gasteiger partial charge >= 0.3 is 0 Å². The van der Waals surface area contributed by atoms with Crippen molar-refractivity contribution in [3.63, 3.8) is 0 Å². The average Bonchev–Trinajstić information content (AvgIpc) is 3.36. The van der Waals surface area contributed by atoms with Gasteiger partial charge in [-0.2, -0.15) is 10.4 Å². The van der Waals surface area contributed by atoms with Crippen molar-refractivity contribution < 1.29 is 18.8 Å². The Kier molecular flexibility index (Phi) is 3.85. The minimum atomic E-state index is -0.464. The third-order valence-corrected chi connectivity index (χ3v) is 5.85. The van der Waals surface area contributed by atoms with Crippen molar-refractivity contribution in [2.24, 2.45) is 0 Å². The van der Waals surface area contributed by atoms with Crippen molar-refractivity contribution in [3.05, 3.63) is 47.2 Å². The van der Waals surface area contributed by atoms with Crippen molar-refractivity contribution in [3.8, 4) is 11.9 Å². The Morgan fingerprint density at radius 3 is 3.06 bits per heavy atom. The number of amides is 1. The SMILES string of the molecule is N#Cc1nn2ccc3nc2c1C(=O)NC1CC(C1)Oc1ncc(F)cc1C1CCON31. The fourth-order valence-electron chi connectivity index (χ4n) is 4.28. The highest BCUT2D eigenvalue weighted by Crippen LogP contribution is 2.39. The average molecular weight is 421 g/mol. The Labute approximate surface area is 175 Å². The quantitative estimate of drug-likeness (QED) is 0.583. The Morgan fingerprint density at radius 1 is 1.35 bits per heavy atom. The molecule has 11 heteroatoms. The lowest BCUT2D eigenvalue weighted by Crippen LogP contribution is -2.49. The smallest absolute Gasteiger partial charge is 0.258 e. The number of hydrogen-bond acceptors (Lipinski definition) is 8. The molecule has 7 rings (SSSR count). The molecule has 31 heavy (non-hydrogen) atoms. The standard InChI is InChI=1S/C20H16FN7O3/c21-10-5-13-15-2-4-30-28(15)16-1-3-27-18(25-16)17(14(8-22)26-27)19(29)24-11-6-12(7-11)31-20(13)23-9-10/h1,3,5,9,11-12,15H,2,4,6-7H2,(H,24,29). The van der Waals surface area contributed by atoms with Gasteiger partial charge in [0.2, 0.25) is 5.88 Å². The van der Waals surface area contributed by atoms with Crippen LogP contribution in [0.3, 0.4) is 0 Å². The van der Waals surface area contributed by atoms with Gasteiger partial charge in [0, 0.05) is 43.1 Å². The summed E-state index contributed by atoms with van der Waals surface area (Å²) in [6, 6.07) is 4.56. The van der Waals surface area contributed by atoms with Crippen molar-refractivity contribution in [1.29, 1.82) is 5.26 Å². The van der Waals surface area contributed by atoms with Crippen LogP contribution in [0.25, 0.3) is 5.65 Å². The summed E-state index contributed by atoms with van der Waals surface area (Å²) in [6.07, 6.45) is 4.33. The Bertz CT molecular complexity index is 1260. The maximum atomic E-state index is 14.1. The molecule has 0 spiro atoms. The van der Waals surface area contributed by atoms with Crippen molar-refractivity contribution in [2.75, 3.05) is 11.7 Å². The van der Waals surface area contributed by atoms with Crippen molar-refractivity contribution >= 4 is 17.4 Å². The second-order valence-corrected chi connectivity index (χ2v) is 7.78. The summed E-state index contributed by atoms with van der Waals surface area (Å²) in [7, 11) is 0. The third kappa shape index (κ3) is 2.79. The van der Waals surface area contributed by atoms with Gasteiger partial charge in [0.05, 0.1) is 18.8 Å². The number of nitrogens with zero attached hydrogens (tertiary/aromatic N) is 6. The molecule has 4 bridgehead atoms. The number of hydroxylamine groups is 1. The molecule has 0 aromatic carbocycles. The van der Waals surface area contributed by atoms with Crippen LogP contribution in [0.4, 0.5) is 10.2 Å². The first kappa shape index (κ1) is 18.0. The first-order valence-corrected chi connectivity index (χ1v) is 9.95. The number of anilines is 1. The van der Waals surface area contributed by atoms with Gasteiger partial charge in [-0.05, 0) is 6.07 Å². The zero-order valence-electron chi connectivity index (χ0n) is 16.2. The zero-order chi connectivity index (χ0) is 21.1. The summed E-state index contributed by atoms with van der Waals surface area (Å²) >= 11 is 0. The molecule has 6 heterocycles. The van der Waals surface area contributed by atoms with Gasteiger partial charge in [-0.1, -0.05) is 0 Å². The van der Waals surface area contributed by atoms with E-state index in [4.69, 9.17) is 9.57 Å². The predicted octanol–water partition coefficient (Wildman–Crippen LogP) is 1.67. The van der Waals surface area contributed by atoms with Gasteiger partial charge in [0.25, 0.3) is 5.91 Å². The minimum absolute atomic E-state index is 0.00289. The van der Waals surface area contributed by atoms with E-state index in [9.17, 15) is 14.4 Å². The highest BCUT2D eigenvalue weighted by molar-refractivity contribution is 6.02. The molecule has 4 aliphatic rings. The lowest BCUT2D eigenvalue weighted by molar-refractivity contribution is 0.0667. The molecular formula is C20H16FN7O3. The number of fused-ring (bicyclic) bond motifs is 1. The lowest BCUT2D eigenvalue weighted by atomic mass is 9.89. The summed E-state index contributed by atoms with van der Waals surface area (Å²) in [4.78, 5) is 27.5. The molecule has 0 radical (unpaired) electrons. The Hall–Kier alpha value is -3.78. The minimum Gasteiger partial charge on any atom is -0.474 e. The largest absolute Gasteiger partial charge is 0.474 e. The van der Waals surface area contributed by atoms with Crippen LogP contribution in [0, 0.1) is 17.1 Å². The van der Waals surface area contributed by atoms with E-state index in [0.717, 1.165) is 6.20 Å². The molecule has 10 nitrogen and oxygen atoms in total. The van der Waals surface area contributed by atoms with Crippen LogP contribution in [0.15, 0.2) is 24.5 Å². The second-order valence-electron chi connectivity index (χ2n) is 7.78. The van der Waals surface area contributed by atoms with E-state index in [1.165, 1.54) is 10.6 Å². The highest BCUT2D eigenvalue weighted by Gasteiger charge is 2.38. The molecule has 3 aromatic heterocycles. The Balaban J connectivity index is 1.55. The number of nitriles is 1. The third-order valence-electron chi connectivity index (χ3n) is 5.85. The normalized spacial score (nSPS) is 24.5. The number of ether oxygens (including phenoxy) is 1. The fraction of sp³-hybridized carbons (Fsp3) is 0.350. The summed E-state index contributed by atoms with van der Waals surface area (Å²) < 4.78 is 21.5. The predicted molar refractivity (Wildman–Crippen MR) is 103 cm³/mol. The van der Waals surface area contributed by atoms with Gasteiger partial charge in [0.15, 0.2) is 17.2 Å². The molecule has 1 saturated heterocycles. The molecule has 1 saturated carbocycles. The van der Waals surface area contributed by atoms with Crippen molar-refractivity contribution in [1.82, 2.24) is 24.9 Å². The summed E-state index contributed by atoms with van der Waals surface area (Å²) in [5.41, 5.74) is 0.948. The second kappa shape index (κ2) is 6.61. The molecule has 1 amide bonds. The molecule has 1 N–H and O–H groups in total. The summed E-state index contributed by atoms with van der Waals surface area (Å²) in [5, 5.41) is 18.2. The molecule has 3 aromatic rings. The molecule has 1 aliphatic carbocycles. The van der Waals surface area contributed by atoms with E-state index in [1.807, 2.05) is 6.07 Å². The van der Waals surface area contributed by atoms with E-state index < -0.39 is 11.7 Å². The molecule has 1 unspecified atom stereocenters. The number of pyridine rings is 1. The summed E-state index contributed by atoms with van der Waals surface area (Å²) in [5.74, 6) is -0.108. The van der Waals surface area contributed by atoms with Gasteiger partial charge in [-0.25, -0.2) is 23.9 Å². The number of nitrogens with one attached hydrogen (secondary N) is 1. The van der Waals surface area contributed by atoms with Gasteiger partial charge in [-0.15, -0.1) is 0 Å². The van der Waals surface area contributed by atoms with Crippen LogP contribution in [-0.4, -0.2) is 44.2 Å². The molecule has 3 aliphatic heterocycles. The van der Waals surface area contributed by atoms with Crippen LogP contribution in [0.5, 0.6) is 5.88 Å². The Morgan fingerprint density at radius 2 is 2.23 bits per heavy atom. The topological polar surface area (TPSA) is 118 Å². The molecular weight excluding hydrogens is 405 g/mol. The van der Waals surface area contributed by atoms with Crippen LogP contribution in [0.1, 0.15) is 46.9 Å². The van der Waals surface area contributed by atoms with Crippen LogP contribution in [0.2, 0.25) is 0 Å². The number of halogens is 1. The van der Waals surface area contributed by atoms with E-state index >= 15 is 0 Å². The first-order chi connectivity index (χ1) is 15.1. The zero-order valence-corrected chi connectivity index (χ0v) is 16.2. The maximum Gasteiger partial charge on any atom is 0.258 e. The van der Waals surface area contributed by atoms with Crippen LogP contribution < -0.4 is 15.1 Å². The molecule has 2 fully saturated rings. The molecule has 156 valence electrons. The highest BCUT2D eigenvalue weighted by atomic mass is 19.1. The van der Waals surface area contributed by atoms with Gasteiger partial charge in [0.1, 0.15) is 23.6 Å². The van der Waals surface area contributed by atoms with Gasteiger partial charge < -0.3 is 10.1 Å². The number of hydrogen-bond donors (Lipinski definition) is 1. The number of rotatable bonds is 0. The van der Waals surface area contributed by atoms with Gasteiger partial charge in [-0.3, -0.25) is 9.63 Å². The van der Waals surface area contributed by atoms with Crippen LogP contribution >= 0.6 is 0 Å². The van der Waals surface area contributed by atoms with Crippen LogP contribution in [-0.2, 0) is 4.84 Å². The maximum absolute atomic E-state index is 14.1.